The number of ether oxygens (including phenoxy) is 1. The lowest BCUT2D eigenvalue weighted by molar-refractivity contribution is -0.144. The van der Waals surface area contributed by atoms with Crippen molar-refractivity contribution in [1.82, 2.24) is 30.2 Å². The SMILES string of the molecule is CCCCNC(=O)C1(NCc2cc(OCC)n3nc(C(F)(F)F)nc3n2)CCCCC1. The first kappa shape index (κ1) is 23.2. The van der Waals surface area contributed by atoms with Crippen LogP contribution in [0.4, 0.5) is 13.2 Å². The van der Waals surface area contributed by atoms with E-state index >= 15 is 0 Å². The summed E-state index contributed by atoms with van der Waals surface area (Å²) in [7, 11) is 0. The summed E-state index contributed by atoms with van der Waals surface area (Å²) >= 11 is 0. The molecule has 0 aliphatic heterocycles. The molecule has 2 aromatic heterocycles. The zero-order valence-corrected chi connectivity index (χ0v) is 17.9. The summed E-state index contributed by atoms with van der Waals surface area (Å²) in [5.41, 5.74) is -0.278. The minimum Gasteiger partial charge on any atom is -0.478 e. The molecule has 31 heavy (non-hydrogen) atoms. The van der Waals surface area contributed by atoms with Gasteiger partial charge in [-0.2, -0.15) is 22.7 Å². The highest BCUT2D eigenvalue weighted by atomic mass is 19.4. The normalized spacial score (nSPS) is 16.4. The molecule has 0 aromatic carbocycles. The van der Waals surface area contributed by atoms with Crippen molar-refractivity contribution < 1.29 is 22.7 Å². The van der Waals surface area contributed by atoms with Crippen LogP contribution in [-0.2, 0) is 17.5 Å². The average Bonchev–Trinajstić information content (AvgIpc) is 3.18. The number of amides is 1. The van der Waals surface area contributed by atoms with Gasteiger partial charge >= 0.3 is 6.18 Å². The van der Waals surface area contributed by atoms with Crippen molar-refractivity contribution in [2.24, 2.45) is 0 Å². The van der Waals surface area contributed by atoms with E-state index in [9.17, 15) is 18.0 Å². The first-order chi connectivity index (χ1) is 14.8. The molecule has 0 spiro atoms. The highest BCUT2D eigenvalue weighted by Gasteiger charge is 2.39. The number of hydrogen-bond acceptors (Lipinski definition) is 6. The second kappa shape index (κ2) is 9.80. The van der Waals surface area contributed by atoms with Crippen LogP contribution in [0.5, 0.6) is 5.88 Å². The van der Waals surface area contributed by atoms with Crippen LogP contribution in [0.3, 0.4) is 0 Å². The Bertz CT molecular complexity index is 893. The molecular formula is C20H29F3N6O2. The number of alkyl halides is 3. The molecule has 1 saturated carbocycles. The molecule has 0 bridgehead atoms. The molecule has 1 fully saturated rings. The van der Waals surface area contributed by atoms with Crippen LogP contribution in [0, 0.1) is 0 Å². The number of aromatic nitrogens is 4. The third-order valence-electron chi connectivity index (χ3n) is 5.44. The minimum absolute atomic E-state index is 0.0337. The number of nitrogens with zero attached hydrogens (tertiary/aromatic N) is 4. The first-order valence-corrected chi connectivity index (χ1v) is 10.8. The molecule has 0 unspecified atom stereocenters. The van der Waals surface area contributed by atoms with E-state index in [1.54, 1.807) is 6.92 Å². The molecule has 0 radical (unpaired) electrons. The van der Waals surface area contributed by atoms with Gasteiger partial charge in [0, 0.05) is 19.2 Å². The van der Waals surface area contributed by atoms with Crippen molar-refractivity contribution in [3.63, 3.8) is 0 Å². The largest absolute Gasteiger partial charge is 0.478 e. The third kappa shape index (κ3) is 5.44. The summed E-state index contributed by atoms with van der Waals surface area (Å²) in [6, 6.07) is 1.53. The molecular weight excluding hydrogens is 413 g/mol. The van der Waals surface area contributed by atoms with Gasteiger partial charge in [-0.05, 0) is 26.2 Å². The van der Waals surface area contributed by atoms with E-state index in [1.807, 2.05) is 0 Å². The Kier molecular flexibility index (Phi) is 7.34. The van der Waals surface area contributed by atoms with E-state index in [-0.39, 0.29) is 30.7 Å². The molecule has 0 atom stereocenters. The number of halogens is 3. The van der Waals surface area contributed by atoms with Crippen LogP contribution >= 0.6 is 0 Å². The maximum Gasteiger partial charge on any atom is 0.453 e. The van der Waals surface area contributed by atoms with E-state index in [1.165, 1.54) is 6.07 Å². The number of nitrogens with one attached hydrogen (secondary N) is 2. The zero-order valence-electron chi connectivity index (χ0n) is 17.9. The molecule has 2 N–H and O–H groups in total. The van der Waals surface area contributed by atoms with Gasteiger partial charge in [0.25, 0.3) is 11.6 Å². The number of carbonyl (C=O) groups is 1. The Morgan fingerprint density at radius 3 is 2.61 bits per heavy atom. The van der Waals surface area contributed by atoms with Crippen molar-refractivity contribution in [1.29, 1.82) is 0 Å². The van der Waals surface area contributed by atoms with Crippen LogP contribution < -0.4 is 15.4 Å². The van der Waals surface area contributed by atoms with Crippen molar-refractivity contribution >= 4 is 11.7 Å². The lowest BCUT2D eigenvalue weighted by Gasteiger charge is -2.36. The van der Waals surface area contributed by atoms with E-state index in [0.717, 1.165) is 36.6 Å². The van der Waals surface area contributed by atoms with Crippen molar-refractivity contribution in [2.45, 2.75) is 77.1 Å². The van der Waals surface area contributed by atoms with Crippen molar-refractivity contribution in [3.05, 3.63) is 17.6 Å². The van der Waals surface area contributed by atoms with Gasteiger partial charge in [-0.15, -0.1) is 5.10 Å². The fourth-order valence-electron chi connectivity index (χ4n) is 3.80. The molecule has 1 aliphatic carbocycles. The standard InChI is InChI=1S/C20H29F3N6O2/c1-3-5-11-24-17(30)19(9-7-6-8-10-19)25-13-14-12-15(31-4-2)29-18(26-14)27-16(28-29)20(21,22)23/h12,25H,3-11,13H2,1-2H3,(H,24,30). The predicted molar refractivity (Wildman–Crippen MR) is 108 cm³/mol. The highest BCUT2D eigenvalue weighted by molar-refractivity contribution is 5.86. The monoisotopic (exact) mass is 442 g/mol. The molecule has 2 heterocycles. The molecule has 2 aromatic rings. The van der Waals surface area contributed by atoms with Gasteiger partial charge in [0.15, 0.2) is 0 Å². The topological polar surface area (TPSA) is 93.4 Å². The Labute approximate surface area is 179 Å². The number of unbranched alkanes of at least 4 members (excludes halogenated alkanes) is 1. The quantitative estimate of drug-likeness (QED) is 0.579. The molecule has 0 saturated heterocycles. The molecule has 11 heteroatoms. The molecule has 8 nitrogen and oxygen atoms in total. The minimum atomic E-state index is -4.68. The zero-order chi connectivity index (χ0) is 22.5. The fraction of sp³-hybridized carbons (Fsp3) is 0.700. The summed E-state index contributed by atoms with van der Waals surface area (Å²) < 4.78 is 45.5. The summed E-state index contributed by atoms with van der Waals surface area (Å²) in [4.78, 5) is 20.7. The second-order valence-corrected chi connectivity index (χ2v) is 7.77. The van der Waals surface area contributed by atoms with Crippen LogP contribution in [0.15, 0.2) is 6.07 Å². The van der Waals surface area contributed by atoms with Crippen LogP contribution in [0.2, 0.25) is 0 Å². The third-order valence-corrected chi connectivity index (χ3v) is 5.44. The van der Waals surface area contributed by atoms with Gasteiger partial charge in [-0.25, -0.2) is 4.98 Å². The lowest BCUT2D eigenvalue weighted by Crippen LogP contribution is -2.57. The molecule has 1 aliphatic rings. The Balaban J connectivity index is 1.84. The van der Waals surface area contributed by atoms with Crippen LogP contribution in [0.1, 0.15) is 70.3 Å². The van der Waals surface area contributed by atoms with E-state index < -0.39 is 17.5 Å². The fourth-order valence-corrected chi connectivity index (χ4v) is 3.80. The van der Waals surface area contributed by atoms with E-state index in [4.69, 9.17) is 4.74 Å². The molecule has 172 valence electrons. The summed E-state index contributed by atoms with van der Waals surface area (Å²) in [6.07, 6.45) is 1.56. The van der Waals surface area contributed by atoms with Gasteiger partial charge in [-0.3, -0.25) is 10.1 Å². The number of fused-ring (bicyclic) bond motifs is 1. The van der Waals surface area contributed by atoms with Gasteiger partial charge in [0.2, 0.25) is 11.8 Å². The average molecular weight is 442 g/mol. The summed E-state index contributed by atoms with van der Waals surface area (Å²) in [6.45, 7) is 4.86. The summed E-state index contributed by atoms with van der Waals surface area (Å²) in [5, 5.41) is 9.84. The Morgan fingerprint density at radius 2 is 1.97 bits per heavy atom. The van der Waals surface area contributed by atoms with Gasteiger partial charge in [0.1, 0.15) is 0 Å². The second-order valence-electron chi connectivity index (χ2n) is 7.77. The smallest absolute Gasteiger partial charge is 0.453 e. The van der Waals surface area contributed by atoms with E-state index in [0.29, 0.717) is 25.1 Å². The number of carbonyl (C=O) groups excluding carboxylic acids is 1. The number of rotatable bonds is 9. The Hall–Kier alpha value is -2.43. The first-order valence-electron chi connectivity index (χ1n) is 10.8. The van der Waals surface area contributed by atoms with Crippen LogP contribution in [0.25, 0.3) is 5.78 Å². The van der Waals surface area contributed by atoms with Gasteiger partial charge < -0.3 is 10.1 Å². The predicted octanol–water partition coefficient (Wildman–Crippen LogP) is 3.25. The highest BCUT2D eigenvalue weighted by Crippen LogP contribution is 2.30. The lowest BCUT2D eigenvalue weighted by atomic mass is 9.80. The Morgan fingerprint density at radius 1 is 1.23 bits per heavy atom. The maximum absolute atomic E-state index is 13.0. The molecule has 1 amide bonds. The van der Waals surface area contributed by atoms with Gasteiger partial charge in [0.05, 0.1) is 17.8 Å². The van der Waals surface area contributed by atoms with E-state index in [2.05, 4.69) is 32.6 Å². The summed E-state index contributed by atoms with van der Waals surface area (Å²) in [5.74, 6) is -1.38. The number of hydrogen-bond donors (Lipinski definition) is 2. The van der Waals surface area contributed by atoms with Crippen LogP contribution in [-0.4, -0.2) is 44.2 Å². The van der Waals surface area contributed by atoms with Crippen molar-refractivity contribution in [2.75, 3.05) is 13.2 Å². The van der Waals surface area contributed by atoms with Crippen molar-refractivity contribution in [3.8, 4) is 5.88 Å². The molecule has 3 rings (SSSR count). The van der Waals surface area contributed by atoms with Gasteiger partial charge in [-0.1, -0.05) is 32.6 Å². The maximum atomic E-state index is 13.0.